The number of carbonyl (C=O) groups excluding carboxylic acids is 1. The molecule has 0 aromatic carbocycles. The van der Waals surface area contributed by atoms with Crippen molar-refractivity contribution < 1.29 is 9.53 Å². The van der Waals surface area contributed by atoms with Gasteiger partial charge in [-0.25, -0.2) is 0 Å². The monoisotopic (exact) mass is 578 g/mol. The summed E-state index contributed by atoms with van der Waals surface area (Å²) in [5.74, 6) is 4.21. The van der Waals surface area contributed by atoms with E-state index in [1.807, 2.05) is 24.0 Å². The lowest BCUT2D eigenvalue weighted by Crippen LogP contribution is -2.58. The topological polar surface area (TPSA) is 110 Å². The number of nitrogens with one attached hydrogen (secondary N) is 2. The van der Waals surface area contributed by atoms with Crippen LogP contribution >= 0.6 is 11.5 Å². The minimum Gasteiger partial charge on any atom is -0.381 e. The van der Waals surface area contributed by atoms with Crippen molar-refractivity contribution in [1.29, 1.82) is 0 Å². The number of piperidine rings is 2. The molecule has 6 heterocycles. The summed E-state index contributed by atoms with van der Waals surface area (Å²) < 4.78 is 12.1. The number of aryl methyl sites for hydroxylation is 1. The zero-order chi connectivity index (χ0) is 27.9. The Hall–Kier alpha value is -2.63. The Morgan fingerprint density at radius 3 is 2.61 bits per heavy atom. The van der Waals surface area contributed by atoms with Gasteiger partial charge in [0.15, 0.2) is 4.83 Å². The summed E-state index contributed by atoms with van der Waals surface area (Å²) in [6, 6.07) is 1.46. The van der Waals surface area contributed by atoms with E-state index in [9.17, 15) is 4.79 Å². The van der Waals surface area contributed by atoms with Crippen LogP contribution in [0.2, 0.25) is 0 Å². The summed E-state index contributed by atoms with van der Waals surface area (Å²) in [4.78, 5) is 24.9. The third-order valence-corrected chi connectivity index (χ3v) is 10.9. The SMILES string of the molecule is CC(=O)CCC1C2CC1CN(C1CCC(Nc3nc(Nc4cnn(C5CCOCC5)c4)nc4snc(C)c34)CC1)C2. The molecule has 0 radical (unpaired) electrons. The number of ketones is 1. The fourth-order valence-corrected chi connectivity index (χ4v) is 8.55. The van der Waals surface area contributed by atoms with E-state index in [0.717, 1.165) is 96.9 Å². The van der Waals surface area contributed by atoms with Crippen molar-refractivity contribution in [2.24, 2.45) is 17.8 Å². The number of rotatable bonds is 9. The molecule has 11 heteroatoms. The minimum absolute atomic E-state index is 0.344. The van der Waals surface area contributed by atoms with Crippen LogP contribution in [0.25, 0.3) is 10.2 Å². The number of Topliss-reactive ketones (excluding diaryl/α,β-unsaturated/α-hetero) is 1. The number of ether oxygens (including phenoxy) is 1. The molecule has 3 aromatic rings. The summed E-state index contributed by atoms with van der Waals surface area (Å²) in [6.07, 6.45) is 13.9. The van der Waals surface area contributed by atoms with Gasteiger partial charge in [-0.2, -0.15) is 19.4 Å². The molecular weight excluding hydrogens is 536 g/mol. The molecule has 8 rings (SSSR count). The maximum atomic E-state index is 11.5. The second-order valence-electron chi connectivity index (χ2n) is 12.8. The molecule has 3 saturated heterocycles. The summed E-state index contributed by atoms with van der Waals surface area (Å²) in [7, 11) is 0. The van der Waals surface area contributed by atoms with Gasteiger partial charge in [-0.3, -0.25) is 9.58 Å². The molecule has 2 aliphatic carbocycles. The van der Waals surface area contributed by atoms with Crippen LogP contribution in [-0.4, -0.2) is 73.2 Å². The molecule has 5 fully saturated rings. The first-order valence-corrected chi connectivity index (χ1v) is 16.3. The van der Waals surface area contributed by atoms with Crippen molar-refractivity contribution in [3.63, 3.8) is 0 Å². The van der Waals surface area contributed by atoms with Gasteiger partial charge in [0.05, 0.1) is 29.0 Å². The highest BCUT2D eigenvalue weighted by Gasteiger charge is 2.47. The first-order valence-electron chi connectivity index (χ1n) is 15.5. The quantitative estimate of drug-likeness (QED) is 0.347. The van der Waals surface area contributed by atoms with Gasteiger partial charge in [-0.1, -0.05) is 0 Å². The number of hydrogen-bond donors (Lipinski definition) is 2. The summed E-state index contributed by atoms with van der Waals surface area (Å²) in [6.45, 7) is 7.81. The number of hydrogen-bond acceptors (Lipinski definition) is 10. The number of anilines is 3. The molecule has 2 saturated carbocycles. The normalized spacial score (nSPS) is 28.9. The third kappa shape index (κ3) is 5.72. The van der Waals surface area contributed by atoms with Crippen LogP contribution in [0, 0.1) is 24.7 Å². The minimum atomic E-state index is 0.344. The Kier molecular flexibility index (Phi) is 7.68. The van der Waals surface area contributed by atoms with Crippen LogP contribution in [0.15, 0.2) is 12.4 Å². The average Bonchev–Trinajstić information content (AvgIpc) is 3.60. The Labute approximate surface area is 245 Å². The third-order valence-electron chi connectivity index (χ3n) is 10.1. The number of carbonyl (C=O) groups is 1. The maximum Gasteiger partial charge on any atom is 0.230 e. The number of nitrogens with zero attached hydrogens (tertiary/aromatic N) is 6. The largest absolute Gasteiger partial charge is 0.381 e. The van der Waals surface area contributed by atoms with E-state index in [4.69, 9.17) is 14.7 Å². The predicted molar refractivity (Wildman–Crippen MR) is 161 cm³/mol. The van der Waals surface area contributed by atoms with Crippen molar-refractivity contribution in [3.05, 3.63) is 18.1 Å². The van der Waals surface area contributed by atoms with E-state index >= 15 is 0 Å². The molecule has 3 aliphatic heterocycles. The van der Waals surface area contributed by atoms with Gasteiger partial charge in [0.2, 0.25) is 5.95 Å². The molecule has 3 aromatic heterocycles. The molecule has 5 aliphatic rings. The van der Waals surface area contributed by atoms with Gasteiger partial charge in [-0.05, 0) is 94.5 Å². The van der Waals surface area contributed by atoms with Crippen molar-refractivity contribution in [2.75, 3.05) is 36.9 Å². The van der Waals surface area contributed by atoms with Crippen LogP contribution in [0.1, 0.15) is 76.4 Å². The van der Waals surface area contributed by atoms with Gasteiger partial charge in [0, 0.05) is 51.0 Å². The molecule has 2 unspecified atom stereocenters. The average molecular weight is 579 g/mol. The first-order chi connectivity index (χ1) is 20.0. The zero-order valence-electron chi connectivity index (χ0n) is 24.2. The molecule has 220 valence electrons. The highest BCUT2D eigenvalue weighted by Crippen LogP contribution is 2.49. The summed E-state index contributed by atoms with van der Waals surface area (Å²) >= 11 is 1.43. The molecule has 41 heavy (non-hydrogen) atoms. The van der Waals surface area contributed by atoms with Crippen molar-refractivity contribution in [1.82, 2.24) is 29.0 Å². The zero-order valence-corrected chi connectivity index (χ0v) is 25.0. The molecule has 0 spiro atoms. The van der Waals surface area contributed by atoms with E-state index in [0.29, 0.717) is 29.9 Å². The number of fused-ring (bicyclic) bond motifs is 3. The second-order valence-corrected chi connectivity index (χ2v) is 13.5. The summed E-state index contributed by atoms with van der Waals surface area (Å²) in [5, 5.41) is 12.8. The van der Waals surface area contributed by atoms with E-state index in [1.54, 1.807) is 6.92 Å². The van der Waals surface area contributed by atoms with Crippen LogP contribution in [-0.2, 0) is 9.53 Å². The lowest BCUT2D eigenvalue weighted by molar-refractivity contribution is -0.119. The van der Waals surface area contributed by atoms with Gasteiger partial charge >= 0.3 is 0 Å². The maximum absolute atomic E-state index is 11.5. The van der Waals surface area contributed by atoms with Crippen LogP contribution in [0.4, 0.5) is 17.5 Å². The van der Waals surface area contributed by atoms with E-state index in [-0.39, 0.29) is 0 Å². The highest BCUT2D eigenvalue weighted by molar-refractivity contribution is 7.13. The molecule has 2 bridgehead atoms. The van der Waals surface area contributed by atoms with Crippen molar-refractivity contribution in [2.45, 2.75) is 89.8 Å². The standard InChI is InChI=1S/C30H42N8O2S/c1-18(39)3-8-26-20-13-21(26)16-37(15-20)24-6-4-22(5-7-24)32-28-27-19(2)36-41-29(27)35-30(34-28)33-23-14-31-38(17-23)25-9-11-40-12-10-25/h14,17,20-22,24-26H,3-13,15-16H2,1-2H3,(H2,32,33,34,35). The Balaban J connectivity index is 0.979. The fraction of sp³-hybridized carbons (Fsp3) is 0.700. The molecule has 10 nitrogen and oxygen atoms in total. The second kappa shape index (κ2) is 11.6. The van der Waals surface area contributed by atoms with E-state index in [1.165, 1.54) is 43.9 Å². The van der Waals surface area contributed by atoms with Gasteiger partial charge in [0.25, 0.3) is 0 Å². The van der Waals surface area contributed by atoms with Gasteiger partial charge in [0.1, 0.15) is 11.6 Å². The van der Waals surface area contributed by atoms with Crippen molar-refractivity contribution in [3.8, 4) is 0 Å². The molecular formula is C30H42N8O2S. The Morgan fingerprint density at radius 1 is 1.07 bits per heavy atom. The fourth-order valence-electron chi connectivity index (χ4n) is 7.77. The van der Waals surface area contributed by atoms with Gasteiger partial charge < -0.3 is 20.2 Å². The lowest BCUT2D eigenvalue weighted by atomic mass is 9.59. The molecule has 2 atom stereocenters. The van der Waals surface area contributed by atoms with Crippen molar-refractivity contribution >= 4 is 45.0 Å². The number of aromatic nitrogens is 5. The first kappa shape index (κ1) is 27.2. The Bertz CT molecular complexity index is 1360. The van der Waals surface area contributed by atoms with Crippen LogP contribution in [0.5, 0.6) is 0 Å². The van der Waals surface area contributed by atoms with Crippen LogP contribution in [0.3, 0.4) is 0 Å². The smallest absolute Gasteiger partial charge is 0.230 e. The predicted octanol–water partition coefficient (Wildman–Crippen LogP) is 5.35. The lowest BCUT2D eigenvalue weighted by Gasteiger charge is -2.56. The highest BCUT2D eigenvalue weighted by atomic mass is 32.1. The molecule has 0 amide bonds. The summed E-state index contributed by atoms with van der Waals surface area (Å²) in [5.41, 5.74) is 1.87. The van der Waals surface area contributed by atoms with Gasteiger partial charge in [-0.15, -0.1) is 0 Å². The van der Waals surface area contributed by atoms with Crippen LogP contribution < -0.4 is 10.6 Å². The van der Waals surface area contributed by atoms with E-state index < -0.39 is 0 Å². The van der Waals surface area contributed by atoms with E-state index in [2.05, 4.69) is 25.0 Å². The Morgan fingerprint density at radius 2 is 1.85 bits per heavy atom. The molecule has 2 N–H and O–H groups in total.